The van der Waals surface area contributed by atoms with E-state index in [4.69, 9.17) is 0 Å². The second-order valence-electron chi connectivity index (χ2n) is 9.46. The van der Waals surface area contributed by atoms with Gasteiger partial charge in [0.05, 0.1) is 22.6 Å². The van der Waals surface area contributed by atoms with Crippen LogP contribution in [0.5, 0.6) is 0 Å². The SMILES string of the molecule is O=C(N[C@H]1CC[C@]2(CC1)Nc1ccccc1NC2=O)c1sccc1NCc1ccnc2ccccc12. The van der Waals surface area contributed by atoms with Gasteiger partial charge in [0, 0.05) is 24.2 Å². The minimum atomic E-state index is -0.613. The molecule has 0 unspecified atom stereocenters. The molecule has 0 atom stereocenters. The number of nitrogens with one attached hydrogen (secondary N) is 4. The van der Waals surface area contributed by atoms with Gasteiger partial charge in [-0.05, 0) is 67.0 Å². The Morgan fingerprint density at radius 3 is 2.67 bits per heavy atom. The van der Waals surface area contributed by atoms with Crippen molar-refractivity contribution in [3.63, 3.8) is 0 Å². The third kappa shape index (κ3) is 4.18. The maximum Gasteiger partial charge on any atom is 0.263 e. The number of anilines is 3. The van der Waals surface area contributed by atoms with E-state index in [1.165, 1.54) is 11.3 Å². The van der Waals surface area contributed by atoms with Crippen LogP contribution in [-0.2, 0) is 11.3 Å². The molecule has 0 saturated heterocycles. The van der Waals surface area contributed by atoms with Gasteiger partial charge in [-0.15, -0.1) is 11.3 Å². The topological polar surface area (TPSA) is 95.2 Å². The summed E-state index contributed by atoms with van der Waals surface area (Å²) in [5, 5.41) is 16.2. The number of benzene rings is 2. The third-order valence-electron chi connectivity index (χ3n) is 7.24. The molecule has 4 N–H and O–H groups in total. The smallest absolute Gasteiger partial charge is 0.263 e. The molecule has 0 radical (unpaired) electrons. The number of fused-ring (bicyclic) bond motifs is 2. The van der Waals surface area contributed by atoms with Gasteiger partial charge in [0.25, 0.3) is 5.91 Å². The number of carbonyl (C=O) groups excluding carboxylic acids is 2. The maximum absolute atomic E-state index is 13.2. The molecule has 182 valence electrons. The zero-order chi connectivity index (χ0) is 24.5. The molecule has 4 aromatic rings. The quantitative estimate of drug-likeness (QED) is 0.297. The van der Waals surface area contributed by atoms with Crippen molar-refractivity contribution < 1.29 is 9.59 Å². The van der Waals surface area contributed by atoms with Crippen molar-refractivity contribution in [1.29, 1.82) is 0 Å². The summed E-state index contributed by atoms with van der Waals surface area (Å²) in [6.45, 7) is 0.605. The van der Waals surface area contributed by atoms with Crippen LogP contribution >= 0.6 is 11.3 Å². The zero-order valence-corrected chi connectivity index (χ0v) is 20.5. The molecule has 36 heavy (non-hydrogen) atoms. The van der Waals surface area contributed by atoms with Crippen molar-refractivity contribution in [3.05, 3.63) is 82.7 Å². The molecule has 2 amide bonds. The second-order valence-corrected chi connectivity index (χ2v) is 10.4. The van der Waals surface area contributed by atoms with Crippen LogP contribution in [0.2, 0.25) is 0 Å². The van der Waals surface area contributed by atoms with Crippen molar-refractivity contribution in [2.75, 3.05) is 16.0 Å². The Balaban J connectivity index is 1.09. The highest BCUT2D eigenvalue weighted by Crippen LogP contribution is 2.39. The minimum absolute atomic E-state index is 0.0133. The number of hydrogen-bond acceptors (Lipinski definition) is 6. The molecule has 7 nitrogen and oxygen atoms in total. The monoisotopic (exact) mass is 497 g/mol. The van der Waals surface area contributed by atoms with Crippen molar-refractivity contribution in [2.24, 2.45) is 0 Å². The largest absolute Gasteiger partial charge is 0.380 e. The molecule has 6 rings (SSSR count). The van der Waals surface area contributed by atoms with Gasteiger partial charge < -0.3 is 21.3 Å². The fraction of sp³-hybridized carbons (Fsp3) is 0.250. The zero-order valence-electron chi connectivity index (χ0n) is 19.7. The lowest BCUT2D eigenvalue weighted by molar-refractivity contribution is -0.121. The number of rotatable bonds is 5. The Labute approximate surface area is 213 Å². The van der Waals surface area contributed by atoms with E-state index in [0.717, 1.165) is 46.4 Å². The van der Waals surface area contributed by atoms with E-state index in [-0.39, 0.29) is 17.9 Å². The predicted octanol–water partition coefficient (Wildman–Crippen LogP) is 5.38. The minimum Gasteiger partial charge on any atom is -0.380 e. The standard InChI is InChI=1S/C28H27N5O2S/c34-26(25-24(12-16-36-25)30-17-18-11-15-29-21-6-2-1-5-20(18)21)31-19-9-13-28(14-10-19)27(35)32-22-7-3-4-8-23(22)33-28/h1-8,11-12,15-16,19,30,33H,9-10,13-14,17H2,(H,31,34)(H,32,35)/t19-,28+. The van der Waals surface area contributed by atoms with E-state index in [1.807, 2.05) is 66.2 Å². The van der Waals surface area contributed by atoms with Gasteiger partial charge in [-0.2, -0.15) is 0 Å². The molecule has 1 saturated carbocycles. The Kier molecular flexibility index (Phi) is 5.81. The van der Waals surface area contributed by atoms with Crippen LogP contribution in [0.25, 0.3) is 10.9 Å². The van der Waals surface area contributed by atoms with Crippen molar-refractivity contribution >= 4 is 51.1 Å². The summed E-state index contributed by atoms with van der Waals surface area (Å²) in [5.74, 6) is -0.0567. The maximum atomic E-state index is 13.2. The number of pyridine rings is 1. The van der Waals surface area contributed by atoms with Crippen LogP contribution in [0.1, 0.15) is 40.9 Å². The fourth-order valence-electron chi connectivity index (χ4n) is 5.24. The van der Waals surface area contributed by atoms with Crippen molar-refractivity contribution in [3.8, 4) is 0 Å². The van der Waals surface area contributed by atoms with E-state index in [9.17, 15) is 9.59 Å². The Hall–Kier alpha value is -3.91. The number of thiophene rings is 1. The van der Waals surface area contributed by atoms with Gasteiger partial charge in [-0.25, -0.2) is 0 Å². The molecule has 0 bridgehead atoms. The number of nitrogens with zero attached hydrogens (tertiary/aromatic N) is 1. The highest BCUT2D eigenvalue weighted by Gasteiger charge is 2.44. The van der Waals surface area contributed by atoms with Crippen LogP contribution in [0.15, 0.2) is 72.2 Å². The van der Waals surface area contributed by atoms with E-state index >= 15 is 0 Å². The normalized spacial score (nSPS) is 20.9. The van der Waals surface area contributed by atoms with Gasteiger partial charge in [-0.3, -0.25) is 14.6 Å². The summed E-state index contributed by atoms with van der Waals surface area (Å²) in [7, 11) is 0. The summed E-state index contributed by atoms with van der Waals surface area (Å²) in [6, 6.07) is 19.8. The van der Waals surface area contributed by atoms with E-state index in [0.29, 0.717) is 24.3 Å². The van der Waals surface area contributed by atoms with Crippen LogP contribution in [0.3, 0.4) is 0 Å². The molecule has 1 aliphatic carbocycles. The summed E-state index contributed by atoms with van der Waals surface area (Å²) in [6.07, 6.45) is 4.64. The van der Waals surface area contributed by atoms with Gasteiger partial charge in [0.15, 0.2) is 0 Å². The van der Waals surface area contributed by atoms with Crippen LogP contribution < -0.4 is 21.3 Å². The number of aromatic nitrogens is 1. The predicted molar refractivity (Wildman–Crippen MR) is 145 cm³/mol. The second kappa shape index (κ2) is 9.28. The Bertz CT molecular complexity index is 1440. The molecule has 1 aliphatic heterocycles. The lowest BCUT2D eigenvalue weighted by atomic mass is 9.77. The molecule has 2 aromatic carbocycles. The first-order valence-electron chi connectivity index (χ1n) is 12.2. The molecular formula is C28H27N5O2S. The van der Waals surface area contributed by atoms with Crippen LogP contribution in [0, 0.1) is 0 Å². The van der Waals surface area contributed by atoms with E-state index in [2.05, 4.69) is 32.3 Å². The fourth-order valence-corrected chi connectivity index (χ4v) is 6.01. The molecular weight excluding hydrogens is 470 g/mol. The third-order valence-corrected chi connectivity index (χ3v) is 8.15. The Morgan fingerprint density at radius 2 is 1.81 bits per heavy atom. The first-order valence-corrected chi connectivity index (χ1v) is 13.1. The van der Waals surface area contributed by atoms with Gasteiger partial charge in [0.1, 0.15) is 10.4 Å². The summed E-state index contributed by atoms with van der Waals surface area (Å²) >= 11 is 1.44. The molecule has 1 fully saturated rings. The van der Waals surface area contributed by atoms with Gasteiger partial charge in [-0.1, -0.05) is 30.3 Å². The first-order chi connectivity index (χ1) is 17.6. The number of carbonyl (C=O) groups is 2. The Morgan fingerprint density at radius 1 is 1.03 bits per heavy atom. The highest BCUT2D eigenvalue weighted by molar-refractivity contribution is 7.12. The molecule has 3 heterocycles. The average molecular weight is 498 g/mol. The van der Waals surface area contributed by atoms with Gasteiger partial charge >= 0.3 is 0 Å². The van der Waals surface area contributed by atoms with Gasteiger partial charge in [0.2, 0.25) is 5.91 Å². The number of amides is 2. The molecule has 2 aliphatic rings. The lowest BCUT2D eigenvalue weighted by Crippen LogP contribution is -2.56. The number of hydrogen-bond donors (Lipinski definition) is 4. The summed E-state index contributed by atoms with van der Waals surface area (Å²) < 4.78 is 0. The molecule has 8 heteroatoms. The van der Waals surface area contributed by atoms with E-state index in [1.54, 1.807) is 0 Å². The van der Waals surface area contributed by atoms with E-state index < -0.39 is 5.54 Å². The van der Waals surface area contributed by atoms with Crippen molar-refractivity contribution in [1.82, 2.24) is 10.3 Å². The highest BCUT2D eigenvalue weighted by atomic mass is 32.1. The average Bonchev–Trinajstić information content (AvgIpc) is 3.38. The molecule has 2 aromatic heterocycles. The first kappa shape index (κ1) is 22.5. The van der Waals surface area contributed by atoms with Crippen LogP contribution in [-0.4, -0.2) is 28.4 Å². The molecule has 1 spiro atoms. The number of para-hydroxylation sites is 3. The van der Waals surface area contributed by atoms with Crippen LogP contribution in [0.4, 0.5) is 17.1 Å². The summed E-state index contributed by atoms with van der Waals surface area (Å²) in [5.41, 5.74) is 4.08. The van der Waals surface area contributed by atoms with Crippen molar-refractivity contribution in [2.45, 2.75) is 43.8 Å². The summed E-state index contributed by atoms with van der Waals surface area (Å²) in [4.78, 5) is 31.2. The lowest BCUT2D eigenvalue weighted by Gasteiger charge is -2.43.